The maximum atomic E-state index is 11.5. The van der Waals surface area contributed by atoms with Crippen LogP contribution in [-0.4, -0.2) is 18.6 Å². The molecule has 2 N–H and O–H groups in total. The normalized spacial score (nSPS) is 17.8. The molecule has 0 heterocycles. The lowest BCUT2D eigenvalue weighted by Gasteiger charge is -2.19. The average molecular weight is 212 g/mol. The summed E-state index contributed by atoms with van der Waals surface area (Å²) in [6.07, 6.45) is 5.82. The van der Waals surface area contributed by atoms with Crippen molar-refractivity contribution in [2.24, 2.45) is 5.41 Å². The van der Waals surface area contributed by atoms with Gasteiger partial charge in [0.2, 0.25) is 0 Å². The summed E-state index contributed by atoms with van der Waals surface area (Å²) in [4.78, 5) is 11.5. The second-order valence-electron chi connectivity index (χ2n) is 5.69. The molecule has 1 rings (SSSR count). The van der Waals surface area contributed by atoms with Crippen molar-refractivity contribution in [3.63, 3.8) is 0 Å². The third-order valence-corrected chi connectivity index (χ3v) is 2.85. The molecular weight excluding hydrogens is 188 g/mol. The van der Waals surface area contributed by atoms with Crippen LogP contribution in [0.2, 0.25) is 0 Å². The van der Waals surface area contributed by atoms with Crippen LogP contribution in [-0.2, 0) is 0 Å². The van der Waals surface area contributed by atoms with Gasteiger partial charge < -0.3 is 10.6 Å². The Morgan fingerprint density at radius 3 is 2.40 bits per heavy atom. The van der Waals surface area contributed by atoms with Gasteiger partial charge in [-0.15, -0.1) is 0 Å². The van der Waals surface area contributed by atoms with Crippen LogP contribution < -0.4 is 10.6 Å². The Labute approximate surface area is 93.0 Å². The Balaban J connectivity index is 2.08. The van der Waals surface area contributed by atoms with Crippen LogP contribution in [0.5, 0.6) is 0 Å². The molecule has 1 aliphatic rings. The van der Waals surface area contributed by atoms with Crippen LogP contribution >= 0.6 is 0 Å². The summed E-state index contributed by atoms with van der Waals surface area (Å²) < 4.78 is 0. The highest BCUT2D eigenvalue weighted by molar-refractivity contribution is 5.74. The third kappa shape index (κ3) is 5.65. The lowest BCUT2D eigenvalue weighted by Crippen LogP contribution is -2.41. The topological polar surface area (TPSA) is 41.1 Å². The number of urea groups is 1. The molecule has 0 aromatic carbocycles. The van der Waals surface area contributed by atoms with Crippen LogP contribution in [0, 0.1) is 5.41 Å². The zero-order chi connectivity index (χ0) is 11.3. The van der Waals surface area contributed by atoms with Crippen molar-refractivity contribution in [2.75, 3.05) is 6.54 Å². The molecule has 1 saturated carbocycles. The van der Waals surface area contributed by atoms with Gasteiger partial charge in [0.15, 0.2) is 0 Å². The van der Waals surface area contributed by atoms with E-state index in [2.05, 4.69) is 31.4 Å². The molecule has 0 aromatic rings. The first-order valence-electron chi connectivity index (χ1n) is 6.02. The zero-order valence-electron chi connectivity index (χ0n) is 10.2. The molecule has 2 amide bonds. The summed E-state index contributed by atoms with van der Waals surface area (Å²) in [6.45, 7) is 7.32. The Bertz CT molecular complexity index is 202. The summed E-state index contributed by atoms with van der Waals surface area (Å²) in [5, 5.41) is 5.93. The molecule has 0 unspecified atom stereocenters. The van der Waals surface area contributed by atoms with Gasteiger partial charge in [-0.25, -0.2) is 4.79 Å². The largest absolute Gasteiger partial charge is 0.338 e. The fourth-order valence-corrected chi connectivity index (χ4v) is 1.86. The fourth-order valence-electron chi connectivity index (χ4n) is 1.86. The van der Waals surface area contributed by atoms with Gasteiger partial charge in [-0.1, -0.05) is 33.6 Å². The number of hydrogen-bond acceptors (Lipinski definition) is 1. The summed E-state index contributed by atoms with van der Waals surface area (Å²) in [6, 6.07) is 0.422. The van der Waals surface area contributed by atoms with E-state index in [9.17, 15) is 4.79 Å². The van der Waals surface area contributed by atoms with Crippen LogP contribution in [0.15, 0.2) is 0 Å². The van der Waals surface area contributed by atoms with Crippen molar-refractivity contribution in [1.82, 2.24) is 10.6 Å². The van der Waals surface area contributed by atoms with E-state index in [1.807, 2.05) is 0 Å². The molecule has 0 spiro atoms. The molecule has 0 atom stereocenters. The van der Waals surface area contributed by atoms with Gasteiger partial charge in [0.25, 0.3) is 0 Å². The van der Waals surface area contributed by atoms with Gasteiger partial charge in [-0.05, 0) is 24.7 Å². The number of amides is 2. The quantitative estimate of drug-likeness (QED) is 0.742. The summed E-state index contributed by atoms with van der Waals surface area (Å²) >= 11 is 0. The van der Waals surface area contributed by atoms with E-state index in [0.29, 0.717) is 11.5 Å². The van der Waals surface area contributed by atoms with E-state index >= 15 is 0 Å². The highest BCUT2D eigenvalue weighted by Crippen LogP contribution is 2.18. The minimum Gasteiger partial charge on any atom is -0.338 e. The van der Waals surface area contributed by atoms with Crippen molar-refractivity contribution in [3.8, 4) is 0 Å². The number of carbonyl (C=O) groups is 1. The number of hydrogen-bond donors (Lipinski definition) is 2. The molecule has 15 heavy (non-hydrogen) atoms. The van der Waals surface area contributed by atoms with Crippen molar-refractivity contribution < 1.29 is 4.79 Å². The Kier molecular flexibility index (Phi) is 4.43. The monoisotopic (exact) mass is 212 g/mol. The van der Waals surface area contributed by atoms with Crippen molar-refractivity contribution in [2.45, 2.75) is 58.9 Å². The Morgan fingerprint density at radius 2 is 1.87 bits per heavy atom. The molecule has 0 radical (unpaired) electrons. The highest BCUT2D eigenvalue weighted by atomic mass is 16.2. The summed E-state index contributed by atoms with van der Waals surface area (Å²) in [5.41, 5.74) is 0.292. The lowest BCUT2D eigenvalue weighted by atomic mass is 9.92. The molecule has 0 aromatic heterocycles. The van der Waals surface area contributed by atoms with Crippen molar-refractivity contribution in [3.05, 3.63) is 0 Å². The first-order valence-corrected chi connectivity index (χ1v) is 6.02. The Morgan fingerprint density at radius 1 is 1.27 bits per heavy atom. The summed E-state index contributed by atoms with van der Waals surface area (Å²) in [7, 11) is 0. The van der Waals surface area contributed by atoms with Gasteiger partial charge in [-0.3, -0.25) is 0 Å². The van der Waals surface area contributed by atoms with E-state index in [-0.39, 0.29) is 6.03 Å². The van der Waals surface area contributed by atoms with Gasteiger partial charge >= 0.3 is 6.03 Å². The predicted molar refractivity (Wildman–Crippen MR) is 62.9 cm³/mol. The molecule has 0 bridgehead atoms. The van der Waals surface area contributed by atoms with Crippen molar-refractivity contribution >= 4 is 6.03 Å². The minimum atomic E-state index is 0.00569. The van der Waals surface area contributed by atoms with Crippen LogP contribution in [0.3, 0.4) is 0 Å². The summed E-state index contributed by atoms with van der Waals surface area (Å²) in [5.74, 6) is 0. The molecule has 3 nitrogen and oxygen atoms in total. The fraction of sp³-hybridized carbons (Fsp3) is 0.917. The van der Waals surface area contributed by atoms with Crippen LogP contribution in [0.4, 0.5) is 4.79 Å². The number of carbonyl (C=O) groups excluding carboxylic acids is 1. The predicted octanol–water partition coefficient (Wildman–Crippen LogP) is 2.66. The van der Waals surface area contributed by atoms with E-state index in [0.717, 1.165) is 25.8 Å². The minimum absolute atomic E-state index is 0.00569. The zero-order valence-corrected chi connectivity index (χ0v) is 10.2. The first kappa shape index (κ1) is 12.3. The van der Waals surface area contributed by atoms with Gasteiger partial charge in [-0.2, -0.15) is 0 Å². The number of nitrogens with one attached hydrogen (secondary N) is 2. The SMILES string of the molecule is CC(C)(C)CCNC(=O)NC1CCCC1. The van der Waals surface area contributed by atoms with Gasteiger partial charge in [0.05, 0.1) is 0 Å². The average Bonchev–Trinajstić information content (AvgIpc) is 2.54. The number of rotatable bonds is 3. The molecule has 0 saturated heterocycles. The molecule has 1 fully saturated rings. The standard InChI is InChI=1S/C12H24N2O/c1-12(2,3)8-9-13-11(15)14-10-6-4-5-7-10/h10H,4-9H2,1-3H3,(H2,13,14,15). The Hall–Kier alpha value is -0.730. The van der Waals surface area contributed by atoms with E-state index < -0.39 is 0 Å². The lowest BCUT2D eigenvalue weighted by molar-refractivity contribution is 0.235. The van der Waals surface area contributed by atoms with E-state index in [1.54, 1.807) is 0 Å². The first-order chi connectivity index (χ1) is 6.97. The van der Waals surface area contributed by atoms with Gasteiger partial charge in [0.1, 0.15) is 0 Å². The van der Waals surface area contributed by atoms with Crippen molar-refractivity contribution in [1.29, 1.82) is 0 Å². The molecule has 3 heteroatoms. The van der Waals surface area contributed by atoms with E-state index in [1.165, 1.54) is 12.8 Å². The molecule has 1 aliphatic carbocycles. The van der Waals surface area contributed by atoms with Gasteiger partial charge in [0, 0.05) is 12.6 Å². The molecule has 0 aliphatic heterocycles. The third-order valence-electron chi connectivity index (χ3n) is 2.85. The maximum Gasteiger partial charge on any atom is 0.315 e. The highest BCUT2D eigenvalue weighted by Gasteiger charge is 2.17. The second kappa shape index (κ2) is 5.38. The molecule has 88 valence electrons. The van der Waals surface area contributed by atoms with Crippen LogP contribution in [0.25, 0.3) is 0 Å². The second-order valence-corrected chi connectivity index (χ2v) is 5.69. The molecular formula is C12H24N2O. The smallest absolute Gasteiger partial charge is 0.315 e. The van der Waals surface area contributed by atoms with Crippen LogP contribution in [0.1, 0.15) is 52.9 Å². The maximum absolute atomic E-state index is 11.5. The van der Waals surface area contributed by atoms with E-state index in [4.69, 9.17) is 0 Å².